The third-order valence-corrected chi connectivity index (χ3v) is 5.44. The number of thiazole rings is 1. The predicted molar refractivity (Wildman–Crippen MR) is 97.1 cm³/mol. The molecule has 0 saturated carbocycles. The van der Waals surface area contributed by atoms with Crippen LogP contribution in [0.3, 0.4) is 0 Å². The molecule has 2 aromatic rings. The Kier molecular flexibility index (Phi) is 6.32. The Morgan fingerprint density at radius 2 is 2.12 bits per heavy atom. The fraction of sp³-hybridized carbons (Fsp3) is 0.412. The van der Waals surface area contributed by atoms with Crippen molar-refractivity contribution in [2.45, 2.75) is 38.8 Å². The summed E-state index contributed by atoms with van der Waals surface area (Å²) in [4.78, 5) is 17.8. The zero-order valence-corrected chi connectivity index (χ0v) is 15.3. The summed E-state index contributed by atoms with van der Waals surface area (Å²) in [5, 5.41) is 7.11. The Balaban J connectivity index is 0.00000208. The van der Waals surface area contributed by atoms with Crippen molar-refractivity contribution < 1.29 is 9.18 Å². The average molecular weight is 370 g/mol. The first kappa shape index (κ1) is 18.8. The van der Waals surface area contributed by atoms with Gasteiger partial charge < -0.3 is 10.6 Å². The first-order valence-corrected chi connectivity index (χ1v) is 8.63. The average Bonchev–Trinajstić information content (AvgIpc) is 3.17. The molecule has 2 unspecified atom stereocenters. The van der Waals surface area contributed by atoms with E-state index in [2.05, 4.69) is 15.6 Å². The van der Waals surface area contributed by atoms with E-state index in [1.165, 1.54) is 12.1 Å². The molecular weight excluding hydrogens is 349 g/mol. The van der Waals surface area contributed by atoms with E-state index in [1.807, 2.05) is 13.8 Å². The highest BCUT2D eigenvalue weighted by Crippen LogP contribution is 2.31. The van der Waals surface area contributed by atoms with Gasteiger partial charge in [0.2, 0.25) is 5.91 Å². The van der Waals surface area contributed by atoms with Crippen LogP contribution in [0.25, 0.3) is 10.6 Å². The number of nitrogens with zero attached hydrogens (tertiary/aromatic N) is 1. The zero-order chi connectivity index (χ0) is 16.4. The second-order valence-electron chi connectivity index (χ2n) is 5.85. The summed E-state index contributed by atoms with van der Waals surface area (Å²) in [5.41, 5.74) is 1.79. The third-order valence-electron chi connectivity index (χ3n) is 4.05. The van der Waals surface area contributed by atoms with Gasteiger partial charge in [0.25, 0.3) is 0 Å². The largest absolute Gasteiger partial charge is 0.347 e. The molecule has 2 atom stereocenters. The van der Waals surface area contributed by atoms with E-state index in [0.717, 1.165) is 40.5 Å². The maximum atomic E-state index is 13.0. The lowest BCUT2D eigenvalue weighted by atomic mass is 10.2. The van der Waals surface area contributed by atoms with Crippen LogP contribution in [-0.4, -0.2) is 23.5 Å². The van der Waals surface area contributed by atoms with Crippen LogP contribution in [0.4, 0.5) is 4.39 Å². The van der Waals surface area contributed by atoms with Gasteiger partial charge in [-0.3, -0.25) is 4.79 Å². The molecule has 1 aromatic carbocycles. The van der Waals surface area contributed by atoms with Crippen LogP contribution < -0.4 is 10.6 Å². The zero-order valence-electron chi connectivity index (χ0n) is 13.6. The van der Waals surface area contributed by atoms with Crippen molar-refractivity contribution in [1.29, 1.82) is 0 Å². The second-order valence-corrected chi connectivity index (χ2v) is 6.89. The van der Waals surface area contributed by atoms with Gasteiger partial charge in [-0.15, -0.1) is 23.7 Å². The number of hydrogen-bond acceptors (Lipinski definition) is 4. The van der Waals surface area contributed by atoms with Gasteiger partial charge in [-0.2, -0.15) is 0 Å². The van der Waals surface area contributed by atoms with Crippen LogP contribution in [0.15, 0.2) is 24.3 Å². The molecule has 1 aromatic heterocycles. The first-order chi connectivity index (χ1) is 11.0. The quantitative estimate of drug-likeness (QED) is 0.865. The number of rotatable bonds is 4. The minimum atomic E-state index is -0.257. The van der Waals surface area contributed by atoms with Crippen LogP contribution in [-0.2, 0) is 4.79 Å². The van der Waals surface area contributed by atoms with E-state index >= 15 is 0 Å². The third kappa shape index (κ3) is 4.12. The highest BCUT2D eigenvalue weighted by atomic mass is 35.5. The Hall–Kier alpha value is -1.50. The van der Waals surface area contributed by atoms with Gasteiger partial charge in [-0.1, -0.05) is 0 Å². The molecule has 1 saturated heterocycles. The number of halogens is 2. The standard InChI is InChI=1S/C17H20FN3OS.ClH/c1-10(20-16(22)14-4-3-9-19-14)15-11(2)21-17(23-15)12-5-7-13(18)8-6-12;/h5-8,10,14,19H,3-4,9H2,1-2H3,(H,20,22);1H. The van der Waals surface area contributed by atoms with Crippen LogP contribution in [0.2, 0.25) is 0 Å². The minimum Gasteiger partial charge on any atom is -0.347 e. The van der Waals surface area contributed by atoms with Crippen LogP contribution in [0.5, 0.6) is 0 Å². The number of hydrogen-bond donors (Lipinski definition) is 2. The van der Waals surface area contributed by atoms with Gasteiger partial charge in [0.05, 0.1) is 22.7 Å². The van der Waals surface area contributed by atoms with Crippen molar-refractivity contribution in [2.24, 2.45) is 0 Å². The molecule has 1 fully saturated rings. The molecule has 1 amide bonds. The van der Waals surface area contributed by atoms with E-state index < -0.39 is 0 Å². The number of aryl methyl sites for hydroxylation is 1. The number of carbonyl (C=O) groups excluding carboxylic acids is 1. The first-order valence-electron chi connectivity index (χ1n) is 7.81. The molecule has 0 bridgehead atoms. The molecule has 3 rings (SSSR count). The molecule has 7 heteroatoms. The van der Waals surface area contributed by atoms with Crippen LogP contribution in [0.1, 0.15) is 36.4 Å². The molecular formula is C17H21ClFN3OS. The fourth-order valence-corrected chi connectivity index (χ4v) is 3.89. The number of nitrogens with one attached hydrogen (secondary N) is 2. The molecule has 0 spiro atoms. The lowest BCUT2D eigenvalue weighted by molar-refractivity contribution is -0.123. The number of benzene rings is 1. The lowest BCUT2D eigenvalue weighted by Gasteiger charge is -2.16. The smallest absolute Gasteiger partial charge is 0.237 e. The Morgan fingerprint density at radius 1 is 1.42 bits per heavy atom. The summed E-state index contributed by atoms with van der Waals surface area (Å²) >= 11 is 1.54. The van der Waals surface area contributed by atoms with Crippen molar-refractivity contribution in [3.8, 4) is 10.6 Å². The topological polar surface area (TPSA) is 54.0 Å². The van der Waals surface area contributed by atoms with E-state index in [4.69, 9.17) is 0 Å². The second kappa shape index (κ2) is 8.05. The summed E-state index contributed by atoms with van der Waals surface area (Å²) in [6.45, 7) is 4.82. The maximum Gasteiger partial charge on any atom is 0.237 e. The van der Waals surface area contributed by atoms with Gasteiger partial charge in [-0.05, 0) is 57.5 Å². The van der Waals surface area contributed by atoms with Gasteiger partial charge in [0, 0.05) is 5.56 Å². The van der Waals surface area contributed by atoms with E-state index in [0.29, 0.717) is 0 Å². The maximum absolute atomic E-state index is 13.0. The molecule has 2 N–H and O–H groups in total. The number of aromatic nitrogens is 1. The summed E-state index contributed by atoms with van der Waals surface area (Å²) in [6.07, 6.45) is 1.93. The molecule has 4 nitrogen and oxygen atoms in total. The number of carbonyl (C=O) groups is 1. The summed E-state index contributed by atoms with van der Waals surface area (Å²) in [6, 6.07) is 6.15. The molecule has 130 valence electrons. The van der Waals surface area contributed by atoms with Crippen LogP contribution >= 0.6 is 23.7 Å². The normalized spacial score (nSPS) is 18.0. The summed E-state index contributed by atoms with van der Waals surface area (Å²) < 4.78 is 13.0. The summed E-state index contributed by atoms with van der Waals surface area (Å²) in [7, 11) is 0. The number of amides is 1. The molecule has 1 aliphatic heterocycles. The van der Waals surface area contributed by atoms with Crippen molar-refractivity contribution in [3.63, 3.8) is 0 Å². The highest BCUT2D eigenvalue weighted by Gasteiger charge is 2.24. The Morgan fingerprint density at radius 3 is 2.75 bits per heavy atom. The van der Waals surface area contributed by atoms with Crippen molar-refractivity contribution in [1.82, 2.24) is 15.6 Å². The van der Waals surface area contributed by atoms with Crippen molar-refractivity contribution >= 4 is 29.7 Å². The highest BCUT2D eigenvalue weighted by molar-refractivity contribution is 7.15. The monoisotopic (exact) mass is 369 g/mol. The van der Waals surface area contributed by atoms with E-state index in [9.17, 15) is 9.18 Å². The summed E-state index contributed by atoms with van der Waals surface area (Å²) in [5.74, 6) is -0.210. The van der Waals surface area contributed by atoms with E-state index in [1.54, 1.807) is 23.5 Å². The Bertz CT molecular complexity index is 698. The van der Waals surface area contributed by atoms with Crippen molar-refractivity contribution in [3.05, 3.63) is 40.7 Å². The Labute approximate surface area is 151 Å². The molecule has 2 heterocycles. The lowest BCUT2D eigenvalue weighted by Crippen LogP contribution is -2.41. The molecule has 0 aliphatic carbocycles. The van der Waals surface area contributed by atoms with Crippen LogP contribution in [0, 0.1) is 12.7 Å². The van der Waals surface area contributed by atoms with Gasteiger partial charge in [-0.25, -0.2) is 9.37 Å². The molecule has 0 radical (unpaired) electrons. The van der Waals surface area contributed by atoms with Gasteiger partial charge >= 0.3 is 0 Å². The predicted octanol–water partition coefficient (Wildman–Crippen LogP) is 3.61. The molecule has 1 aliphatic rings. The van der Waals surface area contributed by atoms with Crippen molar-refractivity contribution in [2.75, 3.05) is 6.54 Å². The molecule has 24 heavy (non-hydrogen) atoms. The minimum absolute atomic E-state index is 0. The SMILES string of the molecule is Cc1nc(-c2ccc(F)cc2)sc1C(C)NC(=O)C1CCCN1.Cl. The fourth-order valence-electron chi connectivity index (χ4n) is 2.81. The van der Waals surface area contributed by atoms with E-state index in [-0.39, 0.29) is 36.2 Å². The van der Waals surface area contributed by atoms with Gasteiger partial charge in [0.15, 0.2) is 0 Å². The van der Waals surface area contributed by atoms with Gasteiger partial charge in [0.1, 0.15) is 10.8 Å².